The van der Waals surface area contributed by atoms with Crippen LogP contribution in [0.5, 0.6) is 0 Å². The Morgan fingerprint density at radius 3 is 1.10 bits per heavy atom. The molecule has 0 heterocycles. The molecule has 0 saturated carbocycles. The normalized spacial score (nSPS) is 9.50. The summed E-state index contributed by atoms with van der Waals surface area (Å²) in [5, 5.41) is 0. The Balaban J connectivity index is -0.0000000910. The predicted octanol–water partition coefficient (Wildman–Crippen LogP) is -0.319. The first-order chi connectivity index (χ1) is 3.73. The van der Waals surface area contributed by atoms with Gasteiger partial charge in [0.15, 0.2) is 0 Å². The molecule has 60 valence electrons. The Kier molecular flexibility index (Phi) is 15.0. The molecule has 0 aromatic carbocycles. The zero-order valence-electron chi connectivity index (χ0n) is 3.78. The molecule has 0 aliphatic rings. The van der Waals surface area contributed by atoms with E-state index in [1.54, 1.807) is 0 Å². The molecule has 0 aliphatic carbocycles. The fraction of sp³-hybridized carbons (Fsp3) is 0. The quantitative estimate of drug-likeness (QED) is 0.393. The molecule has 0 spiro atoms. The first-order valence-corrected chi connectivity index (χ1v) is 4.44. The van der Waals surface area contributed by atoms with Crippen LogP contribution in [0.2, 0.25) is 0 Å². The summed E-state index contributed by atoms with van der Waals surface area (Å²) >= 11 is -4.69. The van der Waals surface area contributed by atoms with E-state index in [2.05, 4.69) is 0 Å². The summed E-state index contributed by atoms with van der Waals surface area (Å²) in [5.41, 5.74) is 0. The zero-order chi connectivity index (χ0) is 8.08. The molecule has 4 nitrogen and oxygen atoms in total. The van der Waals surface area contributed by atoms with Gasteiger partial charge in [-0.25, -0.2) is 4.57 Å². The fourth-order valence-electron chi connectivity index (χ4n) is 0. The third kappa shape index (κ3) is 310. The monoisotopic (exact) mass is 230 g/mol. The van der Waals surface area contributed by atoms with Crippen LogP contribution in [0.25, 0.3) is 0 Å². The van der Waals surface area contributed by atoms with Crippen LogP contribution in [0.15, 0.2) is 0 Å². The molecule has 0 saturated heterocycles. The summed E-state index contributed by atoms with van der Waals surface area (Å²) < 4.78 is 38.3. The van der Waals surface area contributed by atoms with E-state index >= 15 is 0 Å². The number of hydrogen-bond acceptors (Lipinski definition) is 1. The van der Waals surface area contributed by atoms with E-state index in [0.29, 0.717) is 0 Å². The molecular formula is H4F3NaO4PV. The summed E-state index contributed by atoms with van der Waals surface area (Å²) in [4.78, 5) is 21.6. The summed E-state index contributed by atoms with van der Waals surface area (Å²) in [6.07, 6.45) is 0. The van der Waals surface area contributed by atoms with E-state index in [9.17, 15) is 10.2 Å². The van der Waals surface area contributed by atoms with E-state index in [0.717, 1.165) is 0 Å². The van der Waals surface area contributed by atoms with Crippen molar-refractivity contribution in [3.63, 3.8) is 0 Å². The molecule has 0 amide bonds. The Hall–Kier alpha value is 1.48. The van der Waals surface area contributed by atoms with Crippen LogP contribution in [0.3, 0.4) is 0 Å². The van der Waals surface area contributed by atoms with Gasteiger partial charge < -0.3 is 14.7 Å². The molecule has 0 aromatic rings. The number of halogens is 3. The second kappa shape index (κ2) is 8.58. The van der Waals surface area contributed by atoms with Crippen LogP contribution in [0.4, 0.5) is 10.2 Å². The van der Waals surface area contributed by atoms with Crippen molar-refractivity contribution in [2.75, 3.05) is 0 Å². The first kappa shape index (κ1) is 17.5. The third-order valence-electron chi connectivity index (χ3n) is 0. The van der Waals surface area contributed by atoms with Crippen LogP contribution in [-0.2, 0) is 21.2 Å². The van der Waals surface area contributed by atoms with Crippen molar-refractivity contribution in [3.05, 3.63) is 0 Å². The standard InChI is InChI=1S/3FH.Na.H3O4P.V.H/c;;;;1-5(2,3)4;;/h3*1H;;(H3,1,2,3,4);;/q;;;;;+3;/p-3. The van der Waals surface area contributed by atoms with Crippen molar-refractivity contribution < 1.29 is 46.1 Å². The molecule has 0 radical (unpaired) electrons. The average molecular weight is 230 g/mol. The topological polar surface area (TPSA) is 77.8 Å². The van der Waals surface area contributed by atoms with Gasteiger partial charge in [-0.2, -0.15) is 0 Å². The maximum atomic E-state index is 9.81. The van der Waals surface area contributed by atoms with Gasteiger partial charge in [-0.15, -0.1) is 0 Å². The molecule has 0 bridgehead atoms. The summed E-state index contributed by atoms with van der Waals surface area (Å²) in [5.74, 6) is 0. The van der Waals surface area contributed by atoms with Gasteiger partial charge in [0, 0.05) is 0 Å². The van der Waals surface area contributed by atoms with Crippen molar-refractivity contribution in [1.82, 2.24) is 0 Å². The molecular weight excluding hydrogens is 226 g/mol. The fourth-order valence-corrected chi connectivity index (χ4v) is 0. The molecule has 0 atom stereocenters. The van der Waals surface area contributed by atoms with Gasteiger partial charge in [-0.05, 0) is 0 Å². The van der Waals surface area contributed by atoms with Crippen molar-refractivity contribution in [2.24, 2.45) is 0 Å². The van der Waals surface area contributed by atoms with Crippen LogP contribution in [0, 0.1) is 0 Å². The Labute approximate surface area is 83.1 Å². The molecule has 0 fully saturated rings. The van der Waals surface area contributed by atoms with Crippen LogP contribution >= 0.6 is 7.82 Å². The Bertz CT molecular complexity index is 91.7. The Morgan fingerprint density at radius 1 is 1.10 bits per heavy atom. The van der Waals surface area contributed by atoms with E-state index in [1.165, 1.54) is 0 Å². The Morgan fingerprint density at radius 2 is 1.10 bits per heavy atom. The van der Waals surface area contributed by atoms with Gasteiger partial charge >= 0.3 is 64.2 Å². The molecule has 0 rings (SSSR count). The van der Waals surface area contributed by atoms with Gasteiger partial charge in [0.05, 0.1) is 0 Å². The summed E-state index contributed by atoms with van der Waals surface area (Å²) in [6.45, 7) is 0. The van der Waals surface area contributed by atoms with Crippen LogP contribution in [0.1, 0.15) is 0 Å². The second-order valence-corrected chi connectivity index (χ2v) is 2.33. The number of hydrogen-bond donors (Lipinski definition) is 3. The molecule has 0 aliphatic heterocycles. The van der Waals surface area contributed by atoms with E-state index in [1.807, 2.05) is 0 Å². The number of rotatable bonds is 0. The van der Waals surface area contributed by atoms with Crippen molar-refractivity contribution in [3.8, 4) is 0 Å². The zero-order valence-corrected chi connectivity index (χ0v) is 6.07. The summed E-state index contributed by atoms with van der Waals surface area (Å²) in [6, 6.07) is 0. The van der Waals surface area contributed by atoms with E-state index < -0.39 is 24.4 Å². The molecule has 10 heteroatoms. The van der Waals surface area contributed by atoms with Gasteiger partial charge in [-0.1, -0.05) is 0 Å². The van der Waals surface area contributed by atoms with Crippen molar-refractivity contribution in [1.29, 1.82) is 0 Å². The van der Waals surface area contributed by atoms with Crippen LogP contribution in [-0.4, -0.2) is 44.2 Å². The second-order valence-electron chi connectivity index (χ2n) is 0.705. The maximum absolute atomic E-state index is 9.81. The minimum atomic E-state index is -4.69. The van der Waals surface area contributed by atoms with E-state index in [4.69, 9.17) is 19.2 Å². The first-order valence-electron chi connectivity index (χ1n) is 1.29. The number of phosphoric acid groups is 1. The third-order valence-corrected chi connectivity index (χ3v) is 0. The van der Waals surface area contributed by atoms with Crippen LogP contribution < -0.4 is 0 Å². The average Bonchev–Trinajstić information content (AvgIpc) is 1.19. The molecule has 10 heavy (non-hydrogen) atoms. The predicted molar refractivity (Wildman–Crippen MR) is 24.7 cm³/mol. The van der Waals surface area contributed by atoms with Gasteiger partial charge in [0.2, 0.25) is 0 Å². The van der Waals surface area contributed by atoms with Gasteiger partial charge in [-0.3, -0.25) is 0 Å². The van der Waals surface area contributed by atoms with Crippen molar-refractivity contribution >= 4 is 37.4 Å². The molecule has 0 unspecified atom stereocenters. The van der Waals surface area contributed by atoms with Crippen molar-refractivity contribution in [2.45, 2.75) is 0 Å². The SMILES string of the molecule is O=P(O)(O)O.[F][V]([F])[F].[NaH]. The summed E-state index contributed by atoms with van der Waals surface area (Å²) in [7, 11) is -4.64. The van der Waals surface area contributed by atoms with E-state index in [-0.39, 0.29) is 29.6 Å². The van der Waals surface area contributed by atoms with Gasteiger partial charge in [0.25, 0.3) is 0 Å². The minimum absolute atomic E-state index is 0. The van der Waals surface area contributed by atoms with Gasteiger partial charge in [0.1, 0.15) is 0 Å². The molecule has 0 aromatic heterocycles. The molecule has 3 N–H and O–H groups in total.